The van der Waals surface area contributed by atoms with Crippen LogP contribution in [0.1, 0.15) is 45.9 Å². The number of H-pyrrole nitrogens is 2. The Labute approximate surface area is 219 Å². The summed E-state index contributed by atoms with van der Waals surface area (Å²) in [6.07, 6.45) is 6.07. The third kappa shape index (κ3) is 5.95. The maximum absolute atomic E-state index is 14.1. The second kappa shape index (κ2) is 12.0. The number of fused-ring (bicyclic) bond motifs is 2. The van der Waals surface area contributed by atoms with Gasteiger partial charge in [-0.25, -0.2) is 8.78 Å². The number of hydrogen-bond donors (Lipinski definition) is 4. The molecule has 0 unspecified atom stereocenters. The van der Waals surface area contributed by atoms with Gasteiger partial charge in [0, 0.05) is 34.9 Å². The first-order valence-corrected chi connectivity index (χ1v) is 11.4. The number of carbonyl (C=O) groups excluding carboxylic acids is 3. The molecule has 0 aliphatic carbocycles. The molecule has 0 atom stereocenters. The number of hydrogen-bond acceptors (Lipinski definition) is 3. The number of carbonyl (C=O) groups is 3. The lowest BCUT2D eigenvalue weighted by molar-refractivity contribution is -0.115. The zero-order chi connectivity index (χ0) is 26.5. The number of amides is 2. The predicted octanol–water partition coefficient (Wildman–Crippen LogP) is 6.05. The highest BCUT2D eigenvalue weighted by Gasteiger charge is 2.28. The second-order valence-electron chi connectivity index (χ2n) is 8.45. The van der Waals surface area contributed by atoms with E-state index in [-0.39, 0.29) is 37.3 Å². The molecule has 2 amide bonds. The highest BCUT2D eigenvalue weighted by molar-refractivity contribution is 6.34. The standard InChI is InChI=1S/C14H11FN2O.C9H8FNO.C5H5NO.CH4/c1-8-4-5-11-12(13(8)15)10(14(18)17-11)7-9-3-2-6-16-9;1-5-2-3-7-6(9(5)10)4-8(12)11-7;7-4-5-2-1-3-6-5;/h2-7,16H,1H3,(H,17,18);2-3H,4H2,1H3,(H,11,12);1-4,6H;1H4/b10-7-;;;. The molecule has 9 heteroatoms. The van der Waals surface area contributed by atoms with Gasteiger partial charge < -0.3 is 20.6 Å². The normalized spacial score (nSPS) is 13.6. The molecule has 6 rings (SSSR count). The van der Waals surface area contributed by atoms with Crippen LogP contribution in [0.3, 0.4) is 0 Å². The molecule has 0 spiro atoms. The molecule has 0 saturated carbocycles. The summed E-state index contributed by atoms with van der Waals surface area (Å²) in [7, 11) is 0. The Kier molecular flexibility index (Phi) is 8.75. The van der Waals surface area contributed by atoms with Gasteiger partial charge in [-0.2, -0.15) is 0 Å². The molecule has 0 saturated heterocycles. The molecule has 196 valence electrons. The number of benzene rings is 2. The first kappa shape index (κ1) is 27.8. The molecule has 0 fully saturated rings. The van der Waals surface area contributed by atoms with Gasteiger partial charge in [0.1, 0.15) is 11.6 Å². The SMILES string of the molecule is C.Cc1ccc2c(c1F)/C(=C/c1ccc[nH]1)C(=O)N2.Cc1ccc2c(c1F)CC(=O)N2.O=Cc1ccc[nH]1. The molecule has 4 aromatic rings. The van der Waals surface area contributed by atoms with Crippen LogP contribution in [-0.2, 0) is 16.0 Å². The molecule has 4 heterocycles. The van der Waals surface area contributed by atoms with Crippen LogP contribution in [0.25, 0.3) is 11.6 Å². The number of rotatable bonds is 2. The van der Waals surface area contributed by atoms with Crippen LogP contribution in [0.4, 0.5) is 20.2 Å². The fourth-order valence-corrected chi connectivity index (χ4v) is 3.88. The Hall–Kier alpha value is -4.79. The predicted molar refractivity (Wildman–Crippen MR) is 145 cm³/mol. The zero-order valence-corrected chi connectivity index (χ0v) is 20.1. The lowest BCUT2D eigenvalue weighted by atomic mass is 10.0. The molecule has 2 aliphatic heterocycles. The van der Waals surface area contributed by atoms with Crippen LogP contribution in [0.2, 0.25) is 0 Å². The van der Waals surface area contributed by atoms with E-state index in [0.29, 0.717) is 44.9 Å². The smallest absolute Gasteiger partial charge is 0.256 e. The van der Waals surface area contributed by atoms with Gasteiger partial charge in [-0.1, -0.05) is 19.6 Å². The average Bonchev–Trinajstić information content (AvgIpc) is 3.68. The van der Waals surface area contributed by atoms with Crippen molar-refractivity contribution in [2.24, 2.45) is 0 Å². The number of anilines is 2. The van der Waals surface area contributed by atoms with E-state index >= 15 is 0 Å². The van der Waals surface area contributed by atoms with Crippen molar-refractivity contribution in [3.63, 3.8) is 0 Å². The van der Waals surface area contributed by atoms with E-state index in [9.17, 15) is 23.2 Å². The van der Waals surface area contributed by atoms with Crippen LogP contribution >= 0.6 is 0 Å². The molecule has 4 N–H and O–H groups in total. The third-order valence-corrected chi connectivity index (χ3v) is 5.82. The Balaban J connectivity index is 0.000000173. The summed E-state index contributed by atoms with van der Waals surface area (Å²) in [5, 5.41) is 5.25. The van der Waals surface area contributed by atoms with Crippen molar-refractivity contribution < 1.29 is 23.2 Å². The molecule has 7 nitrogen and oxygen atoms in total. The summed E-state index contributed by atoms with van der Waals surface area (Å²) < 4.78 is 27.4. The van der Waals surface area contributed by atoms with Crippen molar-refractivity contribution in [3.8, 4) is 0 Å². The lowest BCUT2D eigenvalue weighted by Gasteiger charge is -2.03. The quantitative estimate of drug-likeness (QED) is 0.192. The maximum atomic E-state index is 14.1. The maximum Gasteiger partial charge on any atom is 0.256 e. The van der Waals surface area contributed by atoms with E-state index in [2.05, 4.69) is 20.6 Å². The largest absolute Gasteiger partial charge is 0.362 e. The molecule has 0 bridgehead atoms. The van der Waals surface area contributed by atoms with Gasteiger partial charge in [-0.15, -0.1) is 0 Å². The Morgan fingerprint density at radius 1 is 0.789 bits per heavy atom. The first-order chi connectivity index (χ1) is 17.8. The van der Waals surface area contributed by atoms with Crippen LogP contribution in [0.15, 0.2) is 60.9 Å². The topological polar surface area (TPSA) is 107 Å². The van der Waals surface area contributed by atoms with Gasteiger partial charge in [0.25, 0.3) is 5.91 Å². The van der Waals surface area contributed by atoms with Crippen molar-refractivity contribution in [2.75, 3.05) is 10.6 Å². The molecular formula is C29H28F2N4O3. The molecule has 2 aromatic carbocycles. The van der Waals surface area contributed by atoms with Crippen LogP contribution < -0.4 is 10.6 Å². The van der Waals surface area contributed by atoms with Gasteiger partial charge in [-0.3, -0.25) is 14.4 Å². The first-order valence-electron chi connectivity index (χ1n) is 11.4. The Bertz CT molecular complexity index is 1490. The van der Waals surface area contributed by atoms with E-state index < -0.39 is 0 Å². The summed E-state index contributed by atoms with van der Waals surface area (Å²) in [5.74, 6) is -1.01. The highest BCUT2D eigenvalue weighted by Crippen LogP contribution is 2.36. The number of aldehydes is 1. The molecule has 2 aliphatic rings. The van der Waals surface area contributed by atoms with Crippen LogP contribution in [0, 0.1) is 25.5 Å². The molecule has 0 radical (unpaired) electrons. The van der Waals surface area contributed by atoms with E-state index in [4.69, 9.17) is 0 Å². The second-order valence-corrected chi connectivity index (χ2v) is 8.45. The minimum Gasteiger partial charge on any atom is -0.362 e. The molecule has 2 aromatic heterocycles. The average molecular weight is 519 g/mol. The van der Waals surface area contributed by atoms with Crippen molar-refractivity contribution >= 4 is 41.1 Å². The number of aromatic amines is 2. The number of halogens is 2. The number of aryl methyl sites for hydroxylation is 2. The number of aromatic nitrogens is 2. The van der Waals surface area contributed by atoms with E-state index in [0.717, 1.165) is 12.0 Å². The fraction of sp³-hybridized carbons (Fsp3) is 0.138. The fourth-order valence-electron chi connectivity index (χ4n) is 3.88. The van der Waals surface area contributed by atoms with E-state index in [1.165, 1.54) is 0 Å². The molecular weight excluding hydrogens is 490 g/mol. The van der Waals surface area contributed by atoms with Gasteiger partial charge in [0.2, 0.25) is 5.91 Å². The van der Waals surface area contributed by atoms with Gasteiger partial charge in [-0.05, 0) is 67.4 Å². The third-order valence-electron chi connectivity index (χ3n) is 5.82. The van der Waals surface area contributed by atoms with Crippen LogP contribution in [0.5, 0.6) is 0 Å². The summed E-state index contributed by atoms with van der Waals surface area (Å²) in [6, 6.07) is 13.9. The summed E-state index contributed by atoms with van der Waals surface area (Å²) in [5.41, 5.74) is 4.87. The summed E-state index contributed by atoms with van der Waals surface area (Å²) in [6.45, 7) is 3.38. The minimum absolute atomic E-state index is 0. The summed E-state index contributed by atoms with van der Waals surface area (Å²) >= 11 is 0. The monoisotopic (exact) mass is 518 g/mol. The van der Waals surface area contributed by atoms with Gasteiger partial charge >= 0.3 is 0 Å². The van der Waals surface area contributed by atoms with Gasteiger partial charge in [0.05, 0.1) is 23.4 Å². The van der Waals surface area contributed by atoms with E-state index in [1.807, 2.05) is 12.1 Å². The van der Waals surface area contributed by atoms with Crippen molar-refractivity contribution in [3.05, 3.63) is 106 Å². The minimum atomic E-state index is -0.344. The van der Waals surface area contributed by atoms with Gasteiger partial charge in [0.15, 0.2) is 6.29 Å². The van der Waals surface area contributed by atoms with Crippen molar-refractivity contribution in [1.29, 1.82) is 0 Å². The Morgan fingerprint density at radius 3 is 1.97 bits per heavy atom. The zero-order valence-electron chi connectivity index (χ0n) is 20.1. The van der Waals surface area contributed by atoms with Crippen LogP contribution in [-0.4, -0.2) is 28.1 Å². The van der Waals surface area contributed by atoms with E-state index in [1.54, 1.807) is 68.7 Å². The van der Waals surface area contributed by atoms with Crippen molar-refractivity contribution in [1.82, 2.24) is 9.97 Å². The Morgan fingerprint density at radius 2 is 1.39 bits per heavy atom. The highest BCUT2D eigenvalue weighted by atomic mass is 19.1. The molecule has 38 heavy (non-hydrogen) atoms. The number of nitrogens with one attached hydrogen (secondary N) is 4. The van der Waals surface area contributed by atoms with Crippen molar-refractivity contribution in [2.45, 2.75) is 27.7 Å². The lowest BCUT2D eigenvalue weighted by Crippen LogP contribution is -2.03. The summed E-state index contributed by atoms with van der Waals surface area (Å²) in [4.78, 5) is 38.3.